The molecule has 7 atom stereocenters. The van der Waals surface area contributed by atoms with Crippen molar-refractivity contribution in [2.75, 3.05) is 7.05 Å². The standard InChI is InChI=1S/C26H39NO3/c1-9-15(5)19-17(7)12-18-11-14(4)10-16(6)20(18)21(19)24(28)22-25(29)23(13(2)3)27(8)26(22)30/h9,12-14,16,18-21,23,28H,10-11H2,1-8H3/b15-9-,24-22+. The number of Topliss-reactive ketones (excluding diaryl/α,β-unsaturated/α-hetero) is 1. The van der Waals surface area contributed by atoms with E-state index in [0.29, 0.717) is 17.8 Å². The first-order valence-electron chi connectivity index (χ1n) is 11.6. The molecule has 1 saturated heterocycles. The Labute approximate surface area is 182 Å². The fourth-order valence-corrected chi connectivity index (χ4v) is 6.72. The average Bonchev–Trinajstić information content (AvgIpc) is 2.87. The van der Waals surface area contributed by atoms with E-state index in [9.17, 15) is 14.7 Å². The third-order valence-corrected chi connectivity index (χ3v) is 7.96. The second-order valence-electron chi connectivity index (χ2n) is 10.5. The van der Waals surface area contributed by atoms with Crippen LogP contribution in [-0.2, 0) is 9.59 Å². The third-order valence-electron chi connectivity index (χ3n) is 7.96. The quantitative estimate of drug-likeness (QED) is 0.295. The number of hydrogen-bond donors (Lipinski definition) is 1. The van der Waals surface area contributed by atoms with Crippen molar-refractivity contribution in [2.45, 2.75) is 67.3 Å². The zero-order valence-corrected chi connectivity index (χ0v) is 19.9. The lowest BCUT2D eigenvalue weighted by molar-refractivity contribution is -0.126. The number of carbonyl (C=O) groups is 2. The Kier molecular flexibility index (Phi) is 6.36. The summed E-state index contributed by atoms with van der Waals surface area (Å²) in [6, 6.07) is -0.490. The van der Waals surface area contributed by atoms with E-state index in [0.717, 1.165) is 12.8 Å². The Morgan fingerprint density at radius 2 is 1.87 bits per heavy atom. The van der Waals surface area contributed by atoms with Crippen molar-refractivity contribution in [1.29, 1.82) is 0 Å². The predicted octanol–water partition coefficient (Wildman–Crippen LogP) is 5.32. The molecule has 1 N–H and O–H groups in total. The maximum atomic E-state index is 13.3. The van der Waals surface area contributed by atoms with Gasteiger partial charge in [0.15, 0.2) is 5.78 Å². The van der Waals surface area contributed by atoms with Crippen LogP contribution >= 0.6 is 0 Å². The third kappa shape index (κ3) is 3.56. The van der Waals surface area contributed by atoms with Crippen LogP contribution in [0.25, 0.3) is 0 Å². The minimum atomic E-state index is -0.490. The molecule has 0 aromatic heterocycles. The maximum absolute atomic E-state index is 13.3. The molecule has 4 nitrogen and oxygen atoms in total. The van der Waals surface area contributed by atoms with Crippen molar-refractivity contribution in [3.05, 3.63) is 34.6 Å². The molecule has 1 amide bonds. The van der Waals surface area contributed by atoms with E-state index in [1.165, 1.54) is 16.0 Å². The summed E-state index contributed by atoms with van der Waals surface area (Å²) in [5.41, 5.74) is 2.48. The topological polar surface area (TPSA) is 57.6 Å². The summed E-state index contributed by atoms with van der Waals surface area (Å²) in [4.78, 5) is 27.9. The van der Waals surface area contributed by atoms with Crippen LogP contribution in [-0.4, -0.2) is 34.8 Å². The number of hydrogen-bond acceptors (Lipinski definition) is 3. The van der Waals surface area contributed by atoms with E-state index in [-0.39, 0.29) is 46.7 Å². The number of nitrogens with zero attached hydrogens (tertiary/aromatic N) is 1. The van der Waals surface area contributed by atoms with E-state index in [2.05, 4.69) is 39.8 Å². The summed E-state index contributed by atoms with van der Waals surface area (Å²) in [6.45, 7) is 14.8. The second-order valence-corrected chi connectivity index (χ2v) is 10.5. The first-order valence-corrected chi connectivity index (χ1v) is 11.6. The van der Waals surface area contributed by atoms with E-state index in [1.54, 1.807) is 7.05 Å². The summed E-state index contributed by atoms with van der Waals surface area (Å²) in [6.07, 6.45) is 6.73. The van der Waals surface area contributed by atoms with Gasteiger partial charge in [-0.15, -0.1) is 0 Å². The molecule has 1 aliphatic heterocycles. The molecule has 0 aromatic rings. The fraction of sp³-hybridized carbons (Fsp3) is 0.692. The number of allylic oxidation sites excluding steroid dienone is 5. The normalized spacial score (nSPS) is 39.4. The molecular formula is C26H39NO3. The highest BCUT2D eigenvalue weighted by Crippen LogP contribution is 2.53. The second kappa shape index (κ2) is 8.36. The lowest BCUT2D eigenvalue weighted by atomic mass is 9.55. The molecule has 7 unspecified atom stereocenters. The van der Waals surface area contributed by atoms with Crippen molar-refractivity contribution in [3.63, 3.8) is 0 Å². The molecule has 166 valence electrons. The van der Waals surface area contributed by atoms with E-state index in [4.69, 9.17) is 0 Å². The minimum absolute atomic E-state index is 0.0139. The van der Waals surface area contributed by atoms with Gasteiger partial charge in [0.1, 0.15) is 11.3 Å². The maximum Gasteiger partial charge on any atom is 0.261 e. The van der Waals surface area contributed by atoms with Gasteiger partial charge in [0.05, 0.1) is 6.04 Å². The van der Waals surface area contributed by atoms with Crippen molar-refractivity contribution in [3.8, 4) is 0 Å². The van der Waals surface area contributed by atoms with Crippen LogP contribution in [0, 0.1) is 41.4 Å². The number of aliphatic hydroxyl groups excluding tert-OH is 1. The van der Waals surface area contributed by atoms with Gasteiger partial charge in [0.2, 0.25) is 0 Å². The van der Waals surface area contributed by atoms with E-state index >= 15 is 0 Å². The van der Waals surface area contributed by atoms with Gasteiger partial charge < -0.3 is 10.0 Å². The zero-order valence-electron chi connectivity index (χ0n) is 19.9. The van der Waals surface area contributed by atoms with Gasteiger partial charge in [-0.1, -0.05) is 51.0 Å². The SMILES string of the molecule is C/C=C(/C)C1C(C)=CC2CC(C)CC(C)C2C1/C(O)=C1/C(=O)C(C(C)C)N(C)C1=O. The van der Waals surface area contributed by atoms with E-state index in [1.807, 2.05) is 20.8 Å². The number of likely N-dealkylation sites (N-methyl/N-ethyl adjacent to an activating group) is 1. The van der Waals surface area contributed by atoms with Crippen LogP contribution in [0.15, 0.2) is 34.6 Å². The molecular weight excluding hydrogens is 374 g/mol. The van der Waals surface area contributed by atoms with Gasteiger partial charge in [0.25, 0.3) is 5.91 Å². The highest BCUT2D eigenvalue weighted by atomic mass is 16.3. The van der Waals surface area contributed by atoms with Gasteiger partial charge in [-0.3, -0.25) is 9.59 Å². The van der Waals surface area contributed by atoms with Crippen molar-refractivity contribution in [1.82, 2.24) is 4.90 Å². The lowest BCUT2D eigenvalue weighted by Gasteiger charge is -2.49. The van der Waals surface area contributed by atoms with Crippen LogP contribution < -0.4 is 0 Å². The van der Waals surface area contributed by atoms with Gasteiger partial charge in [-0.25, -0.2) is 0 Å². The highest BCUT2D eigenvalue weighted by molar-refractivity contribution is 6.26. The Morgan fingerprint density at radius 1 is 1.23 bits per heavy atom. The summed E-state index contributed by atoms with van der Waals surface area (Å²) >= 11 is 0. The molecule has 30 heavy (non-hydrogen) atoms. The summed E-state index contributed by atoms with van der Waals surface area (Å²) < 4.78 is 0. The first kappa shape index (κ1) is 22.8. The molecule has 1 saturated carbocycles. The Morgan fingerprint density at radius 3 is 2.40 bits per heavy atom. The number of carbonyl (C=O) groups excluding carboxylic acids is 2. The van der Waals surface area contributed by atoms with E-state index < -0.39 is 6.04 Å². The Bertz CT molecular complexity index is 818. The fourth-order valence-electron chi connectivity index (χ4n) is 6.72. The Balaban J connectivity index is 2.18. The number of likely N-dealkylation sites (tertiary alicyclic amines) is 1. The van der Waals surface area contributed by atoms with Crippen molar-refractivity contribution < 1.29 is 14.7 Å². The first-order chi connectivity index (χ1) is 14.0. The largest absolute Gasteiger partial charge is 0.511 e. The highest BCUT2D eigenvalue weighted by Gasteiger charge is 2.51. The van der Waals surface area contributed by atoms with Crippen molar-refractivity contribution in [2.24, 2.45) is 41.4 Å². The van der Waals surface area contributed by atoms with Gasteiger partial charge >= 0.3 is 0 Å². The van der Waals surface area contributed by atoms with Crippen LogP contribution in [0.5, 0.6) is 0 Å². The van der Waals surface area contributed by atoms with Crippen LogP contribution in [0.3, 0.4) is 0 Å². The molecule has 3 aliphatic rings. The monoisotopic (exact) mass is 413 g/mol. The number of ketones is 1. The smallest absolute Gasteiger partial charge is 0.261 e. The summed E-state index contributed by atoms with van der Waals surface area (Å²) in [7, 11) is 1.68. The zero-order chi connectivity index (χ0) is 22.5. The minimum Gasteiger partial charge on any atom is -0.511 e. The number of aliphatic hydroxyl groups is 1. The summed E-state index contributed by atoms with van der Waals surface area (Å²) in [5.74, 6) is 1.00. The van der Waals surface area contributed by atoms with Crippen LogP contribution in [0.2, 0.25) is 0 Å². The molecule has 2 aliphatic carbocycles. The summed E-state index contributed by atoms with van der Waals surface area (Å²) in [5, 5.41) is 11.6. The van der Waals surface area contributed by atoms with Crippen LogP contribution in [0.4, 0.5) is 0 Å². The average molecular weight is 414 g/mol. The number of fused-ring (bicyclic) bond motifs is 1. The molecule has 4 heteroatoms. The molecule has 0 aromatic carbocycles. The van der Waals surface area contributed by atoms with Gasteiger partial charge in [-0.2, -0.15) is 0 Å². The molecule has 0 spiro atoms. The molecule has 0 radical (unpaired) electrons. The molecule has 0 bridgehead atoms. The molecule has 3 rings (SSSR count). The lowest BCUT2D eigenvalue weighted by Crippen LogP contribution is -2.43. The molecule has 2 fully saturated rings. The molecule has 1 heterocycles. The van der Waals surface area contributed by atoms with Crippen molar-refractivity contribution >= 4 is 11.7 Å². The van der Waals surface area contributed by atoms with Gasteiger partial charge in [-0.05, 0) is 63.2 Å². The predicted molar refractivity (Wildman–Crippen MR) is 121 cm³/mol. The number of rotatable bonds is 3. The number of amides is 1. The Hall–Kier alpha value is -1.84. The van der Waals surface area contributed by atoms with Gasteiger partial charge in [0, 0.05) is 18.9 Å². The van der Waals surface area contributed by atoms with Crippen LogP contribution in [0.1, 0.15) is 61.3 Å².